The minimum absolute atomic E-state index is 0.296. The van der Waals surface area contributed by atoms with Crippen LogP contribution in [0.1, 0.15) is 19.2 Å². The molecule has 1 aromatic carbocycles. The number of fused-ring (bicyclic) bond motifs is 1. The number of hydrogen-bond donors (Lipinski definition) is 2. The van der Waals surface area contributed by atoms with Crippen molar-refractivity contribution < 1.29 is 19.1 Å². The van der Waals surface area contributed by atoms with E-state index in [-0.39, 0.29) is 0 Å². The lowest BCUT2D eigenvalue weighted by Crippen LogP contribution is -2.39. The van der Waals surface area contributed by atoms with Crippen LogP contribution in [0.15, 0.2) is 34.8 Å². The number of nitrogens with one attached hydrogen (secondary N) is 1. The summed E-state index contributed by atoms with van der Waals surface area (Å²) in [5.41, 5.74) is 1.33. The van der Waals surface area contributed by atoms with Gasteiger partial charge in [0, 0.05) is 12.2 Å². The molecule has 0 aliphatic rings. The first kappa shape index (κ1) is 13.8. The van der Waals surface area contributed by atoms with Crippen LogP contribution < -0.4 is 5.32 Å². The molecule has 0 aliphatic carbocycles. The second kappa shape index (κ2) is 6.01. The summed E-state index contributed by atoms with van der Waals surface area (Å²) in [7, 11) is 0. The third-order valence-corrected chi connectivity index (χ3v) is 2.71. The number of amides is 1. The first-order valence-corrected chi connectivity index (χ1v) is 6.17. The van der Waals surface area contributed by atoms with Crippen LogP contribution in [0.25, 0.3) is 17.2 Å². The molecule has 1 atom stereocenters. The van der Waals surface area contributed by atoms with Gasteiger partial charge in [0.1, 0.15) is 11.6 Å². The molecule has 6 heteroatoms. The molecule has 0 spiro atoms. The van der Waals surface area contributed by atoms with Crippen LogP contribution >= 0.6 is 0 Å². The van der Waals surface area contributed by atoms with E-state index in [2.05, 4.69) is 10.3 Å². The van der Waals surface area contributed by atoms with Crippen LogP contribution in [0.5, 0.6) is 0 Å². The summed E-state index contributed by atoms with van der Waals surface area (Å²) in [5.74, 6) is -1.26. The second-order valence-electron chi connectivity index (χ2n) is 4.16. The van der Waals surface area contributed by atoms with Crippen molar-refractivity contribution in [1.82, 2.24) is 10.3 Å². The lowest BCUT2D eigenvalue weighted by Gasteiger charge is -2.09. The van der Waals surface area contributed by atoms with Gasteiger partial charge in [0.2, 0.25) is 11.8 Å². The van der Waals surface area contributed by atoms with Gasteiger partial charge >= 0.3 is 5.97 Å². The number of hydrogen-bond acceptors (Lipinski definition) is 4. The Morgan fingerprint density at radius 3 is 2.85 bits per heavy atom. The highest BCUT2D eigenvalue weighted by Gasteiger charge is 2.15. The van der Waals surface area contributed by atoms with Crippen LogP contribution in [-0.4, -0.2) is 28.0 Å². The largest absolute Gasteiger partial charge is 0.480 e. The van der Waals surface area contributed by atoms with E-state index in [4.69, 9.17) is 9.52 Å². The van der Waals surface area contributed by atoms with Gasteiger partial charge in [-0.25, -0.2) is 9.78 Å². The van der Waals surface area contributed by atoms with E-state index in [1.807, 2.05) is 12.1 Å². The summed E-state index contributed by atoms with van der Waals surface area (Å²) in [6.45, 7) is 1.68. The summed E-state index contributed by atoms with van der Waals surface area (Å²) < 4.78 is 5.40. The maximum absolute atomic E-state index is 11.6. The molecule has 6 nitrogen and oxygen atoms in total. The molecule has 1 aromatic heterocycles. The fourth-order valence-electron chi connectivity index (χ4n) is 1.67. The summed E-state index contributed by atoms with van der Waals surface area (Å²) in [5, 5.41) is 11.2. The number of carboxylic acids is 1. The average Bonchev–Trinajstić information content (AvgIpc) is 2.85. The van der Waals surface area contributed by atoms with Crippen LogP contribution in [0, 0.1) is 0 Å². The van der Waals surface area contributed by atoms with Gasteiger partial charge in [0.05, 0.1) is 0 Å². The van der Waals surface area contributed by atoms with Crippen molar-refractivity contribution in [3.05, 3.63) is 36.2 Å². The van der Waals surface area contributed by atoms with E-state index < -0.39 is 17.9 Å². The highest BCUT2D eigenvalue weighted by molar-refractivity contribution is 5.94. The maximum atomic E-state index is 11.6. The standard InChI is InChI=1S/C14H14N2O4/c1-2-9(14(18)19)15-12(17)7-8-13-16-10-5-3-4-6-11(10)20-13/h3-9H,2H2,1H3,(H,15,17)(H,18,19)/t9-/m1/s1. The minimum Gasteiger partial charge on any atom is -0.480 e. The quantitative estimate of drug-likeness (QED) is 0.811. The Labute approximate surface area is 115 Å². The molecule has 20 heavy (non-hydrogen) atoms. The molecule has 2 N–H and O–H groups in total. The van der Waals surface area contributed by atoms with Crippen molar-refractivity contribution in [3.63, 3.8) is 0 Å². The molecule has 0 aliphatic heterocycles. The summed E-state index contributed by atoms with van der Waals surface area (Å²) in [6.07, 6.45) is 2.93. The van der Waals surface area contributed by atoms with E-state index in [1.165, 1.54) is 12.2 Å². The minimum atomic E-state index is -1.06. The lowest BCUT2D eigenvalue weighted by atomic mass is 10.2. The van der Waals surface area contributed by atoms with Crippen LogP contribution in [-0.2, 0) is 9.59 Å². The number of aromatic nitrogens is 1. The van der Waals surface area contributed by atoms with Gasteiger partial charge in [0.25, 0.3) is 0 Å². The van der Waals surface area contributed by atoms with E-state index in [0.717, 1.165) is 0 Å². The number of rotatable bonds is 5. The summed E-state index contributed by atoms with van der Waals surface area (Å²) in [6, 6.07) is 6.34. The van der Waals surface area contributed by atoms with E-state index in [1.54, 1.807) is 19.1 Å². The third-order valence-electron chi connectivity index (χ3n) is 2.71. The average molecular weight is 274 g/mol. The number of carbonyl (C=O) groups is 2. The Morgan fingerprint density at radius 2 is 2.20 bits per heavy atom. The van der Waals surface area contributed by atoms with Crippen LogP contribution in [0.4, 0.5) is 0 Å². The number of carbonyl (C=O) groups excluding carboxylic acids is 1. The van der Waals surface area contributed by atoms with E-state index in [9.17, 15) is 9.59 Å². The van der Waals surface area contributed by atoms with E-state index >= 15 is 0 Å². The monoisotopic (exact) mass is 274 g/mol. The Bertz CT molecular complexity index is 627. The number of para-hydroxylation sites is 2. The second-order valence-corrected chi connectivity index (χ2v) is 4.16. The molecule has 2 rings (SSSR count). The van der Waals surface area contributed by atoms with Gasteiger partial charge in [-0.3, -0.25) is 4.79 Å². The van der Waals surface area contributed by atoms with Crippen molar-refractivity contribution in [2.45, 2.75) is 19.4 Å². The van der Waals surface area contributed by atoms with Crippen molar-refractivity contribution in [1.29, 1.82) is 0 Å². The molecule has 2 aromatic rings. The van der Waals surface area contributed by atoms with Crippen molar-refractivity contribution >= 4 is 29.1 Å². The molecule has 0 saturated heterocycles. The van der Waals surface area contributed by atoms with E-state index in [0.29, 0.717) is 23.4 Å². The van der Waals surface area contributed by atoms with Gasteiger partial charge in [-0.1, -0.05) is 19.1 Å². The van der Waals surface area contributed by atoms with Crippen LogP contribution in [0.2, 0.25) is 0 Å². The molecule has 0 saturated carbocycles. The Hall–Kier alpha value is -2.63. The SMILES string of the molecule is CC[C@@H](NC(=O)C=Cc1nc2ccccc2o1)C(=O)O. The Morgan fingerprint density at radius 1 is 1.45 bits per heavy atom. The zero-order valence-electron chi connectivity index (χ0n) is 10.9. The number of oxazole rings is 1. The van der Waals surface area contributed by atoms with Crippen molar-refractivity contribution in [2.24, 2.45) is 0 Å². The van der Waals surface area contributed by atoms with Crippen molar-refractivity contribution in [3.8, 4) is 0 Å². The zero-order chi connectivity index (χ0) is 14.5. The third kappa shape index (κ3) is 3.23. The summed E-state index contributed by atoms with van der Waals surface area (Å²) >= 11 is 0. The summed E-state index contributed by atoms with van der Waals surface area (Å²) in [4.78, 5) is 26.5. The predicted octanol–water partition coefficient (Wildman–Crippen LogP) is 1.82. The first-order valence-electron chi connectivity index (χ1n) is 6.17. The van der Waals surface area contributed by atoms with Gasteiger partial charge in [-0.2, -0.15) is 0 Å². The van der Waals surface area contributed by atoms with Crippen LogP contribution in [0.3, 0.4) is 0 Å². The fourth-order valence-corrected chi connectivity index (χ4v) is 1.67. The van der Waals surface area contributed by atoms with Gasteiger partial charge < -0.3 is 14.8 Å². The van der Waals surface area contributed by atoms with Gasteiger partial charge in [-0.05, 0) is 18.6 Å². The molecule has 0 radical (unpaired) electrons. The number of aliphatic carboxylic acids is 1. The highest BCUT2D eigenvalue weighted by Crippen LogP contribution is 2.15. The number of benzene rings is 1. The normalized spacial score (nSPS) is 12.7. The molecule has 0 bridgehead atoms. The highest BCUT2D eigenvalue weighted by atomic mass is 16.4. The number of nitrogens with zero attached hydrogens (tertiary/aromatic N) is 1. The molecule has 0 fully saturated rings. The van der Waals surface area contributed by atoms with Crippen molar-refractivity contribution in [2.75, 3.05) is 0 Å². The Balaban J connectivity index is 2.05. The number of carboxylic acid groups (broad SMARTS) is 1. The maximum Gasteiger partial charge on any atom is 0.326 e. The molecule has 0 unspecified atom stereocenters. The first-order chi connectivity index (χ1) is 9.60. The van der Waals surface area contributed by atoms with Gasteiger partial charge in [-0.15, -0.1) is 0 Å². The smallest absolute Gasteiger partial charge is 0.326 e. The predicted molar refractivity (Wildman–Crippen MR) is 72.9 cm³/mol. The van der Waals surface area contributed by atoms with Gasteiger partial charge in [0.15, 0.2) is 5.58 Å². The lowest BCUT2D eigenvalue weighted by molar-refractivity contribution is -0.141. The fraction of sp³-hybridized carbons (Fsp3) is 0.214. The molecule has 1 heterocycles. The molecule has 104 valence electrons. The molecular formula is C14H14N2O4. The Kier molecular flexibility index (Phi) is 4.14. The zero-order valence-corrected chi connectivity index (χ0v) is 10.9. The molecular weight excluding hydrogens is 260 g/mol. The molecule has 1 amide bonds. The topological polar surface area (TPSA) is 92.4 Å².